The van der Waals surface area contributed by atoms with E-state index in [1.165, 1.54) is 36.0 Å². The van der Waals surface area contributed by atoms with Crippen molar-refractivity contribution in [3.8, 4) is 0 Å². The third-order valence-corrected chi connectivity index (χ3v) is 4.65. The molecule has 0 aliphatic carbocycles. The summed E-state index contributed by atoms with van der Waals surface area (Å²) >= 11 is 0. The average molecular weight is 241 g/mol. The van der Waals surface area contributed by atoms with Gasteiger partial charge in [0.2, 0.25) is 0 Å². The summed E-state index contributed by atoms with van der Waals surface area (Å²) in [6, 6.07) is 9.39. The van der Waals surface area contributed by atoms with Crippen LogP contribution in [0, 0.1) is 5.92 Å². The van der Waals surface area contributed by atoms with Gasteiger partial charge in [-0.2, -0.15) is 0 Å². The van der Waals surface area contributed by atoms with E-state index in [1.54, 1.807) is 5.56 Å². The number of benzene rings is 1. The SMILES string of the molecule is NC[C@@H]1C[C@@H]2Cc3c([nH]c4ccccc34)CN2C1. The van der Waals surface area contributed by atoms with Crippen molar-refractivity contribution in [2.24, 2.45) is 11.7 Å². The lowest BCUT2D eigenvalue weighted by Gasteiger charge is -2.29. The summed E-state index contributed by atoms with van der Waals surface area (Å²) in [5, 5.41) is 1.42. The van der Waals surface area contributed by atoms with Gasteiger partial charge in [-0.15, -0.1) is 0 Å². The summed E-state index contributed by atoms with van der Waals surface area (Å²) in [7, 11) is 0. The van der Waals surface area contributed by atoms with E-state index in [2.05, 4.69) is 34.1 Å². The number of rotatable bonds is 1. The summed E-state index contributed by atoms with van der Waals surface area (Å²) in [6.45, 7) is 3.09. The van der Waals surface area contributed by atoms with Crippen LogP contribution in [0.5, 0.6) is 0 Å². The monoisotopic (exact) mass is 241 g/mol. The highest BCUT2D eigenvalue weighted by Gasteiger charge is 2.36. The van der Waals surface area contributed by atoms with Crippen molar-refractivity contribution in [3.63, 3.8) is 0 Å². The number of para-hydroxylation sites is 1. The van der Waals surface area contributed by atoms with E-state index in [-0.39, 0.29) is 0 Å². The molecule has 1 fully saturated rings. The van der Waals surface area contributed by atoms with E-state index in [4.69, 9.17) is 5.73 Å². The second kappa shape index (κ2) is 3.84. The van der Waals surface area contributed by atoms with Gasteiger partial charge in [-0.05, 0) is 36.9 Å². The number of fused-ring (bicyclic) bond motifs is 4. The fourth-order valence-electron chi connectivity index (χ4n) is 3.73. The Morgan fingerprint density at radius 1 is 1.33 bits per heavy atom. The second-order valence-corrected chi connectivity index (χ2v) is 5.75. The first-order valence-electron chi connectivity index (χ1n) is 6.87. The van der Waals surface area contributed by atoms with E-state index >= 15 is 0 Å². The lowest BCUT2D eigenvalue weighted by molar-refractivity contribution is 0.223. The molecule has 0 amide bonds. The molecule has 3 nitrogen and oxygen atoms in total. The molecule has 0 saturated carbocycles. The van der Waals surface area contributed by atoms with Crippen molar-refractivity contribution >= 4 is 10.9 Å². The molecule has 4 rings (SSSR count). The van der Waals surface area contributed by atoms with Crippen molar-refractivity contribution in [2.75, 3.05) is 13.1 Å². The van der Waals surface area contributed by atoms with Crippen LogP contribution in [0.2, 0.25) is 0 Å². The number of nitrogens with zero attached hydrogens (tertiary/aromatic N) is 1. The topological polar surface area (TPSA) is 45.1 Å². The number of aromatic amines is 1. The smallest absolute Gasteiger partial charge is 0.0459 e. The maximum absolute atomic E-state index is 5.82. The van der Waals surface area contributed by atoms with Crippen molar-refractivity contribution in [2.45, 2.75) is 25.4 Å². The maximum Gasteiger partial charge on any atom is 0.0459 e. The molecule has 0 unspecified atom stereocenters. The van der Waals surface area contributed by atoms with Crippen LogP contribution in [0.4, 0.5) is 0 Å². The highest BCUT2D eigenvalue weighted by atomic mass is 15.2. The molecule has 94 valence electrons. The predicted octanol–water partition coefficient (Wildman–Crippen LogP) is 1.87. The number of nitrogens with one attached hydrogen (secondary N) is 1. The fourth-order valence-corrected chi connectivity index (χ4v) is 3.73. The summed E-state index contributed by atoms with van der Waals surface area (Å²) in [5.74, 6) is 0.699. The molecule has 0 spiro atoms. The van der Waals surface area contributed by atoms with Gasteiger partial charge >= 0.3 is 0 Å². The van der Waals surface area contributed by atoms with E-state index in [9.17, 15) is 0 Å². The standard InChI is InChI=1S/C15H19N3/c16-7-10-5-11-6-13-12-3-1-2-4-14(12)17-15(13)9-18(11)8-10/h1-4,10-11,17H,5-9,16H2/t10-,11+/m0/s1. The molecule has 3 N–H and O–H groups in total. The Balaban J connectivity index is 1.74. The molecule has 2 atom stereocenters. The number of aromatic nitrogens is 1. The third kappa shape index (κ3) is 1.44. The second-order valence-electron chi connectivity index (χ2n) is 5.75. The molecule has 3 heteroatoms. The zero-order chi connectivity index (χ0) is 12.1. The van der Waals surface area contributed by atoms with Gasteiger partial charge in [-0.1, -0.05) is 18.2 Å². The Kier molecular flexibility index (Phi) is 2.26. The molecule has 18 heavy (non-hydrogen) atoms. The van der Waals surface area contributed by atoms with Crippen LogP contribution >= 0.6 is 0 Å². The van der Waals surface area contributed by atoms with Crippen molar-refractivity contribution in [3.05, 3.63) is 35.5 Å². The molecule has 2 aliphatic heterocycles. The summed E-state index contributed by atoms with van der Waals surface area (Å²) in [6.07, 6.45) is 2.46. The van der Waals surface area contributed by atoms with Crippen LogP contribution < -0.4 is 5.73 Å². The lowest BCUT2D eigenvalue weighted by atomic mass is 9.95. The minimum Gasteiger partial charge on any atom is -0.357 e. The summed E-state index contributed by atoms with van der Waals surface area (Å²) < 4.78 is 0. The zero-order valence-corrected chi connectivity index (χ0v) is 10.5. The van der Waals surface area contributed by atoms with E-state index in [0.29, 0.717) is 12.0 Å². The maximum atomic E-state index is 5.82. The minimum atomic E-state index is 0.699. The Hall–Kier alpha value is -1.32. The Bertz CT molecular complexity index is 586. The van der Waals surface area contributed by atoms with Crippen molar-refractivity contribution in [1.82, 2.24) is 9.88 Å². The van der Waals surface area contributed by atoms with Crippen LogP contribution in [-0.4, -0.2) is 29.0 Å². The molecule has 2 aliphatic rings. The predicted molar refractivity (Wildman–Crippen MR) is 73.4 cm³/mol. The quantitative estimate of drug-likeness (QED) is 0.800. The Morgan fingerprint density at radius 2 is 2.22 bits per heavy atom. The van der Waals surface area contributed by atoms with Crippen LogP contribution in [0.15, 0.2) is 24.3 Å². The zero-order valence-electron chi connectivity index (χ0n) is 10.5. The summed E-state index contributed by atoms with van der Waals surface area (Å²) in [4.78, 5) is 6.19. The van der Waals surface area contributed by atoms with Crippen molar-refractivity contribution < 1.29 is 0 Å². The fraction of sp³-hybridized carbons (Fsp3) is 0.467. The molecule has 1 aromatic carbocycles. The first-order chi connectivity index (χ1) is 8.85. The molecular formula is C15H19N3. The molecule has 0 bridgehead atoms. The Labute approximate surface area is 107 Å². The molecule has 1 saturated heterocycles. The molecule has 2 aromatic rings. The number of hydrogen-bond acceptors (Lipinski definition) is 2. The van der Waals surface area contributed by atoms with Crippen molar-refractivity contribution in [1.29, 1.82) is 0 Å². The largest absolute Gasteiger partial charge is 0.357 e. The van der Waals surface area contributed by atoms with E-state index in [1.807, 2.05) is 0 Å². The van der Waals surface area contributed by atoms with Crippen LogP contribution in [-0.2, 0) is 13.0 Å². The van der Waals surface area contributed by atoms with Gasteiger partial charge in [0.25, 0.3) is 0 Å². The highest BCUT2D eigenvalue weighted by molar-refractivity contribution is 5.84. The van der Waals surface area contributed by atoms with Gasteiger partial charge in [0.05, 0.1) is 0 Å². The van der Waals surface area contributed by atoms with Gasteiger partial charge in [-0.3, -0.25) is 4.90 Å². The number of H-pyrrole nitrogens is 1. The molecule has 1 aromatic heterocycles. The van der Waals surface area contributed by atoms with Gasteiger partial charge in [0.1, 0.15) is 0 Å². The van der Waals surface area contributed by atoms with Crippen LogP contribution in [0.25, 0.3) is 10.9 Å². The van der Waals surface area contributed by atoms with Gasteiger partial charge in [0.15, 0.2) is 0 Å². The number of nitrogens with two attached hydrogens (primary N) is 1. The Morgan fingerprint density at radius 3 is 3.11 bits per heavy atom. The van der Waals surface area contributed by atoms with Gasteiger partial charge in [-0.25, -0.2) is 0 Å². The molecule has 3 heterocycles. The lowest BCUT2D eigenvalue weighted by Crippen LogP contribution is -2.35. The first-order valence-corrected chi connectivity index (χ1v) is 6.87. The number of hydrogen-bond donors (Lipinski definition) is 2. The normalized spacial score (nSPS) is 27.4. The van der Waals surface area contributed by atoms with E-state index < -0.39 is 0 Å². The first kappa shape index (κ1) is 10.6. The van der Waals surface area contributed by atoms with Crippen LogP contribution in [0.3, 0.4) is 0 Å². The third-order valence-electron chi connectivity index (χ3n) is 4.65. The molecular weight excluding hydrogens is 222 g/mol. The summed E-state index contributed by atoms with van der Waals surface area (Å²) in [5.41, 5.74) is 10.1. The minimum absolute atomic E-state index is 0.699. The average Bonchev–Trinajstić information content (AvgIpc) is 2.95. The molecule has 0 radical (unpaired) electrons. The van der Waals surface area contributed by atoms with Gasteiger partial charge < -0.3 is 10.7 Å². The van der Waals surface area contributed by atoms with Crippen LogP contribution in [0.1, 0.15) is 17.7 Å². The van der Waals surface area contributed by atoms with E-state index in [0.717, 1.165) is 13.1 Å². The highest BCUT2D eigenvalue weighted by Crippen LogP contribution is 2.35. The van der Waals surface area contributed by atoms with Gasteiger partial charge in [0, 0.05) is 35.7 Å².